The lowest BCUT2D eigenvalue weighted by Gasteiger charge is -2.10. The Morgan fingerprint density at radius 1 is 1.28 bits per heavy atom. The van der Waals surface area contributed by atoms with Crippen LogP contribution in [-0.2, 0) is 11.2 Å². The molecule has 0 radical (unpaired) electrons. The number of amides is 1. The molecule has 2 N–H and O–H groups in total. The van der Waals surface area contributed by atoms with Crippen LogP contribution in [0.2, 0.25) is 0 Å². The first-order valence-electron chi connectivity index (χ1n) is 8.41. The Bertz CT molecular complexity index is 702. The Kier molecular flexibility index (Phi) is 5.90. The second kappa shape index (κ2) is 8.53. The van der Waals surface area contributed by atoms with Crippen molar-refractivity contribution < 1.29 is 13.9 Å². The molecule has 132 valence electrons. The predicted molar refractivity (Wildman–Crippen MR) is 91.9 cm³/mol. The smallest absolute Gasteiger partial charge is 0.254 e. The van der Waals surface area contributed by atoms with Gasteiger partial charge in [-0.05, 0) is 30.9 Å². The molecule has 2 heterocycles. The van der Waals surface area contributed by atoms with E-state index in [4.69, 9.17) is 4.74 Å². The number of hydrogen-bond donors (Lipinski definition) is 2. The molecule has 1 aromatic carbocycles. The molecule has 1 atom stereocenters. The number of nitrogens with zero attached hydrogens (tertiary/aromatic N) is 2. The van der Waals surface area contributed by atoms with Crippen LogP contribution in [0.25, 0.3) is 0 Å². The summed E-state index contributed by atoms with van der Waals surface area (Å²) in [5.41, 5.74) is 1.04. The lowest BCUT2D eigenvalue weighted by atomic mass is 10.1. The third kappa shape index (κ3) is 4.96. The van der Waals surface area contributed by atoms with Gasteiger partial charge in [0.05, 0.1) is 11.7 Å². The summed E-state index contributed by atoms with van der Waals surface area (Å²) >= 11 is 0. The van der Waals surface area contributed by atoms with Crippen molar-refractivity contribution in [3.8, 4) is 0 Å². The van der Waals surface area contributed by atoms with E-state index in [2.05, 4.69) is 20.6 Å². The summed E-state index contributed by atoms with van der Waals surface area (Å²) in [6.45, 7) is 1.77. The first-order chi connectivity index (χ1) is 12.2. The zero-order valence-corrected chi connectivity index (χ0v) is 13.9. The molecule has 0 bridgehead atoms. The fourth-order valence-electron chi connectivity index (χ4n) is 2.66. The van der Waals surface area contributed by atoms with E-state index in [-0.39, 0.29) is 17.8 Å². The maximum atomic E-state index is 13.5. The zero-order valence-electron chi connectivity index (χ0n) is 13.9. The van der Waals surface area contributed by atoms with Crippen molar-refractivity contribution in [3.05, 3.63) is 53.6 Å². The molecule has 7 heteroatoms. The van der Waals surface area contributed by atoms with Crippen LogP contribution in [0, 0.1) is 5.82 Å². The van der Waals surface area contributed by atoms with Gasteiger partial charge in [-0.25, -0.2) is 14.4 Å². The lowest BCUT2D eigenvalue weighted by Crippen LogP contribution is -2.31. The van der Waals surface area contributed by atoms with Crippen LogP contribution in [0.3, 0.4) is 0 Å². The molecule has 0 aliphatic carbocycles. The molecule has 1 saturated heterocycles. The summed E-state index contributed by atoms with van der Waals surface area (Å²) in [7, 11) is 0. The maximum Gasteiger partial charge on any atom is 0.254 e. The fourth-order valence-corrected chi connectivity index (χ4v) is 2.66. The van der Waals surface area contributed by atoms with E-state index in [9.17, 15) is 9.18 Å². The quantitative estimate of drug-likeness (QED) is 0.805. The molecule has 25 heavy (non-hydrogen) atoms. The number of halogens is 1. The molecular weight excluding hydrogens is 323 g/mol. The average Bonchev–Trinajstić information content (AvgIpc) is 3.15. The Morgan fingerprint density at radius 3 is 2.80 bits per heavy atom. The summed E-state index contributed by atoms with van der Waals surface area (Å²) < 4.78 is 19.0. The standard InChI is InChI=1S/C18H21FN4O2/c19-16-6-2-1-4-13(16)7-8-20-18-22-10-14(11-23-18)17(24)21-12-15-5-3-9-25-15/h1-2,4,6,10-11,15H,3,5,7-9,12H2,(H,21,24)(H,20,22,23). The van der Waals surface area contributed by atoms with E-state index in [0.29, 0.717) is 36.6 Å². The molecule has 2 aromatic rings. The minimum atomic E-state index is -0.219. The highest BCUT2D eigenvalue weighted by atomic mass is 19.1. The normalized spacial score (nSPS) is 16.6. The lowest BCUT2D eigenvalue weighted by molar-refractivity contribution is 0.0857. The number of carbonyl (C=O) groups excluding carboxylic acids is 1. The Hall–Kier alpha value is -2.54. The highest BCUT2D eigenvalue weighted by Crippen LogP contribution is 2.11. The van der Waals surface area contributed by atoms with Crippen LogP contribution in [0.1, 0.15) is 28.8 Å². The number of carbonyl (C=O) groups is 1. The van der Waals surface area contributed by atoms with Gasteiger partial charge >= 0.3 is 0 Å². The van der Waals surface area contributed by atoms with Gasteiger partial charge in [0.1, 0.15) is 5.82 Å². The minimum absolute atomic E-state index is 0.101. The largest absolute Gasteiger partial charge is 0.376 e. The Labute approximate surface area is 145 Å². The number of benzene rings is 1. The Balaban J connectivity index is 1.45. The van der Waals surface area contributed by atoms with Crippen LogP contribution in [0.4, 0.5) is 10.3 Å². The molecule has 3 rings (SSSR count). The molecule has 1 fully saturated rings. The molecule has 1 aromatic heterocycles. The topological polar surface area (TPSA) is 76.1 Å². The number of aromatic nitrogens is 2. The van der Waals surface area contributed by atoms with Crippen molar-refractivity contribution in [1.29, 1.82) is 0 Å². The number of hydrogen-bond acceptors (Lipinski definition) is 5. The third-order valence-corrected chi connectivity index (χ3v) is 4.06. The summed E-state index contributed by atoms with van der Waals surface area (Å²) in [6.07, 6.45) is 5.59. The number of anilines is 1. The molecule has 0 spiro atoms. The van der Waals surface area contributed by atoms with Crippen molar-refractivity contribution in [3.63, 3.8) is 0 Å². The average molecular weight is 344 g/mol. The fraction of sp³-hybridized carbons (Fsp3) is 0.389. The third-order valence-electron chi connectivity index (χ3n) is 4.06. The van der Waals surface area contributed by atoms with Gasteiger partial charge in [-0.15, -0.1) is 0 Å². The van der Waals surface area contributed by atoms with Gasteiger partial charge in [0.2, 0.25) is 5.95 Å². The molecule has 0 saturated carbocycles. The van der Waals surface area contributed by atoms with Gasteiger partial charge in [-0.1, -0.05) is 18.2 Å². The van der Waals surface area contributed by atoms with Gasteiger partial charge in [0.25, 0.3) is 5.91 Å². The van der Waals surface area contributed by atoms with Gasteiger partial charge in [0, 0.05) is 32.1 Å². The van der Waals surface area contributed by atoms with Crippen LogP contribution in [-0.4, -0.2) is 41.7 Å². The van der Waals surface area contributed by atoms with E-state index in [1.54, 1.807) is 18.2 Å². The Morgan fingerprint density at radius 2 is 2.08 bits per heavy atom. The van der Waals surface area contributed by atoms with Gasteiger partial charge < -0.3 is 15.4 Å². The molecule has 6 nitrogen and oxygen atoms in total. The van der Waals surface area contributed by atoms with Crippen molar-refractivity contribution >= 4 is 11.9 Å². The van der Waals surface area contributed by atoms with Gasteiger partial charge in [-0.3, -0.25) is 4.79 Å². The number of nitrogens with one attached hydrogen (secondary N) is 2. The summed E-state index contributed by atoms with van der Waals surface area (Å²) in [5, 5.41) is 5.85. The maximum absolute atomic E-state index is 13.5. The monoisotopic (exact) mass is 344 g/mol. The van der Waals surface area contributed by atoms with Crippen LogP contribution in [0.15, 0.2) is 36.7 Å². The van der Waals surface area contributed by atoms with Crippen molar-refractivity contribution in [2.75, 3.05) is 25.0 Å². The summed E-state index contributed by atoms with van der Waals surface area (Å²) in [6, 6.07) is 6.66. The number of rotatable bonds is 7. The van der Waals surface area contributed by atoms with Crippen molar-refractivity contribution in [1.82, 2.24) is 15.3 Å². The van der Waals surface area contributed by atoms with E-state index < -0.39 is 0 Å². The minimum Gasteiger partial charge on any atom is -0.376 e. The second-order valence-corrected chi connectivity index (χ2v) is 5.91. The van der Waals surface area contributed by atoms with Gasteiger partial charge in [-0.2, -0.15) is 0 Å². The first-order valence-corrected chi connectivity index (χ1v) is 8.41. The highest BCUT2D eigenvalue weighted by molar-refractivity contribution is 5.93. The molecule has 1 aliphatic heterocycles. The summed E-state index contributed by atoms with van der Waals surface area (Å²) in [4.78, 5) is 20.3. The van der Waals surface area contributed by atoms with Crippen LogP contribution < -0.4 is 10.6 Å². The van der Waals surface area contributed by atoms with E-state index in [1.807, 2.05) is 0 Å². The van der Waals surface area contributed by atoms with Crippen molar-refractivity contribution in [2.24, 2.45) is 0 Å². The molecule has 1 amide bonds. The van der Waals surface area contributed by atoms with Gasteiger partial charge in [0.15, 0.2) is 0 Å². The van der Waals surface area contributed by atoms with E-state index in [1.165, 1.54) is 18.5 Å². The highest BCUT2D eigenvalue weighted by Gasteiger charge is 2.16. The second-order valence-electron chi connectivity index (χ2n) is 5.91. The van der Waals surface area contributed by atoms with Crippen LogP contribution >= 0.6 is 0 Å². The van der Waals surface area contributed by atoms with E-state index in [0.717, 1.165) is 19.4 Å². The summed E-state index contributed by atoms with van der Waals surface area (Å²) in [5.74, 6) is -0.0242. The van der Waals surface area contributed by atoms with Crippen LogP contribution in [0.5, 0.6) is 0 Å². The first kappa shape index (κ1) is 17.3. The molecular formula is C18H21FN4O2. The molecule has 1 unspecified atom stereocenters. The van der Waals surface area contributed by atoms with Crippen molar-refractivity contribution in [2.45, 2.75) is 25.4 Å². The predicted octanol–water partition coefficient (Wildman–Crippen LogP) is 2.18. The van der Waals surface area contributed by atoms with E-state index >= 15 is 0 Å². The number of ether oxygens (including phenoxy) is 1. The zero-order chi connectivity index (χ0) is 17.5. The SMILES string of the molecule is O=C(NCC1CCCO1)c1cnc(NCCc2ccccc2F)nc1. The molecule has 1 aliphatic rings.